The Morgan fingerprint density at radius 3 is 1.31 bits per heavy atom. The number of esters is 2. The van der Waals surface area contributed by atoms with Gasteiger partial charge in [0.15, 0.2) is 0 Å². The number of ether oxygens (including phenoxy) is 2. The van der Waals surface area contributed by atoms with Gasteiger partial charge in [0.05, 0.1) is 11.8 Å². The van der Waals surface area contributed by atoms with E-state index in [4.69, 9.17) is 9.47 Å². The second-order valence-corrected chi connectivity index (χ2v) is 8.41. The average Bonchev–Trinajstić information content (AvgIpc) is 2.84. The zero-order valence-corrected chi connectivity index (χ0v) is 17.7. The first-order chi connectivity index (χ1) is 15.7. The molecule has 0 aromatic heterocycles. The van der Waals surface area contributed by atoms with Crippen LogP contribution in [0.2, 0.25) is 0 Å². The molecule has 0 radical (unpaired) electrons. The normalized spacial score (nSPS) is 18.4. The molecule has 32 heavy (non-hydrogen) atoms. The standard InChI is InChI=1S/C28H24O4/c29-27(31-25-15-13-19-5-1-3-7-23(19)17-25)21-9-11-22(12-10-21)28(30)32-26-16-14-20-6-2-4-8-24(20)18-26/h1-8,13-18,21-22H,9-12H2. The lowest BCUT2D eigenvalue weighted by atomic mass is 9.82. The van der Waals surface area contributed by atoms with Gasteiger partial charge in [-0.1, -0.05) is 60.7 Å². The van der Waals surface area contributed by atoms with E-state index >= 15 is 0 Å². The summed E-state index contributed by atoms with van der Waals surface area (Å²) >= 11 is 0. The van der Waals surface area contributed by atoms with E-state index in [1.54, 1.807) is 0 Å². The lowest BCUT2D eigenvalue weighted by Crippen LogP contribution is -2.30. The molecule has 0 heterocycles. The SMILES string of the molecule is O=C(Oc1ccc2ccccc2c1)C1CCC(C(=O)Oc2ccc3ccccc3c2)CC1. The van der Waals surface area contributed by atoms with Gasteiger partial charge >= 0.3 is 11.9 Å². The maximum absolute atomic E-state index is 12.7. The summed E-state index contributed by atoms with van der Waals surface area (Å²) in [5.74, 6) is 0.304. The molecule has 1 aliphatic carbocycles. The Hall–Kier alpha value is -3.66. The summed E-state index contributed by atoms with van der Waals surface area (Å²) in [6.07, 6.45) is 2.52. The van der Waals surface area contributed by atoms with E-state index in [1.165, 1.54) is 0 Å². The zero-order valence-electron chi connectivity index (χ0n) is 17.7. The highest BCUT2D eigenvalue weighted by Gasteiger charge is 2.32. The number of carbonyl (C=O) groups is 2. The highest BCUT2D eigenvalue weighted by atomic mass is 16.5. The minimum absolute atomic E-state index is 0.189. The third-order valence-electron chi connectivity index (χ3n) is 6.27. The fraction of sp³-hybridized carbons (Fsp3) is 0.214. The molecule has 0 N–H and O–H groups in total. The van der Waals surface area contributed by atoms with Crippen molar-refractivity contribution in [3.8, 4) is 11.5 Å². The van der Waals surface area contributed by atoms with Crippen molar-refractivity contribution in [2.45, 2.75) is 25.7 Å². The maximum atomic E-state index is 12.7. The van der Waals surface area contributed by atoms with Gasteiger partial charge in [-0.3, -0.25) is 9.59 Å². The van der Waals surface area contributed by atoms with Crippen LogP contribution in [0.1, 0.15) is 25.7 Å². The van der Waals surface area contributed by atoms with E-state index in [1.807, 2.05) is 84.9 Å². The molecule has 1 aliphatic rings. The lowest BCUT2D eigenvalue weighted by molar-refractivity contribution is -0.145. The number of carbonyl (C=O) groups excluding carboxylic acids is 2. The van der Waals surface area contributed by atoms with E-state index in [2.05, 4.69) is 0 Å². The van der Waals surface area contributed by atoms with Crippen LogP contribution in [-0.2, 0) is 9.59 Å². The second kappa shape index (κ2) is 8.83. The predicted octanol–water partition coefficient (Wildman–Crippen LogP) is 6.31. The summed E-state index contributed by atoms with van der Waals surface area (Å²) in [7, 11) is 0. The molecule has 4 aromatic carbocycles. The van der Waals surface area contributed by atoms with Gasteiger partial charge in [0.25, 0.3) is 0 Å². The van der Waals surface area contributed by atoms with Gasteiger partial charge in [-0.05, 0) is 71.5 Å². The number of hydrogen-bond acceptors (Lipinski definition) is 4. The van der Waals surface area contributed by atoms with Gasteiger partial charge in [0.2, 0.25) is 0 Å². The van der Waals surface area contributed by atoms with Crippen molar-refractivity contribution >= 4 is 33.5 Å². The van der Waals surface area contributed by atoms with Crippen LogP contribution in [0.15, 0.2) is 84.9 Å². The zero-order chi connectivity index (χ0) is 21.9. The molecule has 160 valence electrons. The van der Waals surface area contributed by atoms with Gasteiger partial charge in [0, 0.05) is 0 Å². The Balaban J connectivity index is 1.16. The fourth-order valence-electron chi connectivity index (χ4n) is 4.43. The van der Waals surface area contributed by atoms with Crippen molar-refractivity contribution in [2.75, 3.05) is 0 Å². The molecule has 4 nitrogen and oxygen atoms in total. The molecule has 0 spiro atoms. The fourth-order valence-corrected chi connectivity index (χ4v) is 4.43. The monoisotopic (exact) mass is 424 g/mol. The van der Waals surface area contributed by atoms with Gasteiger partial charge in [-0.15, -0.1) is 0 Å². The summed E-state index contributed by atoms with van der Waals surface area (Å²) in [6, 6.07) is 27.3. The first kappa shape index (κ1) is 20.3. The lowest BCUT2D eigenvalue weighted by Gasteiger charge is -2.25. The molecule has 4 aromatic rings. The molecule has 0 atom stereocenters. The van der Waals surface area contributed by atoms with Crippen LogP contribution in [-0.4, -0.2) is 11.9 Å². The number of rotatable bonds is 4. The van der Waals surface area contributed by atoms with Crippen LogP contribution < -0.4 is 9.47 Å². The molecule has 0 saturated heterocycles. The predicted molar refractivity (Wildman–Crippen MR) is 125 cm³/mol. The molecule has 5 rings (SSSR count). The Kier molecular flexibility index (Phi) is 5.59. The Labute approximate surface area is 186 Å². The van der Waals surface area contributed by atoms with Crippen LogP contribution in [0.25, 0.3) is 21.5 Å². The van der Waals surface area contributed by atoms with Crippen LogP contribution >= 0.6 is 0 Å². The summed E-state index contributed by atoms with van der Waals surface area (Å²) < 4.78 is 11.3. The largest absolute Gasteiger partial charge is 0.426 e. The smallest absolute Gasteiger partial charge is 0.314 e. The van der Waals surface area contributed by atoms with Gasteiger partial charge in [-0.2, -0.15) is 0 Å². The minimum atomic E-state index is -0.221. The molecule has 0 unspecified atom stereocenters. The van der Waals surface area contributed by atoms with Crippen LogP contribution in [0.5, 0.6) is 11.5 Å². The molecule has 1 saturated carbocycles. The quantitative estimate of drug-likeness (QED) is 0.285. The van der Waals surface area contributed by atoms with Crippen LogP contribution in [0, 0.1) is 11.8 Å². The maximum Gasteiger partial charge on any atom is 0.314 e. The molecular formula is C28H24O4. The van der Waals surface area contributed by atoms with Crippen LogP contribution in [0.4, 0.5) is 0 Å². The van der Waals surface area contributed by atoms with E-state index in [-0.39, 0.29) is 23.8 Å². The molecule has 4 heteroatoms. The summed E-state index contributed by atoms with van der Waals surface area (Å²) in [5, 5.41) is 4.30. The van der Waals surface area contributed by atoms with E-state index in [9.17, 15) is 9.59 Å². The van der Waals surface area contributed by atoms with Crippen molar-refractivity contribution in [3.05, 3.63) is 84.9 Å². The molecule has 1 fully saturated rings. The average molecular weight is 424 g/mol. The van der Waals surface area contributed by atoms with E-state index in [0.29, 0.717) is 37.2 Å². The van der Waals surface area contributed by atoms with Crippen molar-refractivity contribution in [1.29, 1.82) is 0 Å². The minimum Gasteiger partial charge on any atom is -0.426 e. The number of benzene rings is 4. The Morgan fingerprint density at radius 2 is 0.906 bits per heavy atom. The first-order valence-corrected chi connectivity index (χ1v) is 11.1. The molecular weight excluding hydrogens is 400 g/mol. The first-order valence-electron chi connectivity index (χ1n) is 11.1. The second-order valence-electron chi connectivity index (χ2n) is 8.41. The summed E-state index contributed by atoms with van der Waals surface area (Å²) in [4.78, 5) is 25.3. The van der Waals surface area contributed by atoms with E-state index < -0.39 is 0 Å². The van der Waals surface area contributed by atoms with Crippen LogP contribution in [0.3, 0.4) is 0 Å². The van der Waals surface area contributed by atoms with Crippen molar-refractivity contribution < 1.29 is 19.1 Å². The highest BCUT2D eigenvalue weighted by molar-refractivity contribution is 5.86. The summed E-state index contributed by atoms with van der Waals surface area (Å²) in [5.41, 5.74) is 0. The van der Waals surface area contributed by atoms with Gasteiger partial charge < -0.3 is 9.47 Å². The summed E-state index contributed by atoms with van der Waals surface area (Å²) in [6.45, 7) is 0. The Bertz CT molecular complexity index is 1180. The molecule has 0 amide bonds. The molecule has 0 aliphatic heterocycles. The number of hydrogen-bond donors (Lipinski definition) is 0. The van der Waals surface area contributed by atoms with Crippen molar-refractivity contribution in [2.24, 2.45) is 11.8 Å². The third kappa shape index (κ3) is 4.35. The van der Waals surface area contributed by atoms with Gasteiger partial charge in [-0.25, -0.2) is 0 Å². The van der Waals surface area contributed by atoms with Crippen molar-refractivity contribution in [3.63, 3.8) is 0 Å². The van der Waals surface area contributed by atoms with Crippen molar-refractivity contribution in [1.82, 2.24) is 0 Å². The Morgan fingerprint density at radius 1 is 0.531 bits per heavy atom. The van der Waals surface area contributed by atoms with E-state index in [0.717, 1.165) is 21.5 Å². The third-order valence-corrected chi connectivity index (χ3v) is 6.27. The number of fused-ring (bicyclic) bond motifs is 2. The topological polar surface area (TPSA) is 52.6 Å². The highest BCUT2D eigenvalue weighted by Crippen LogP contribution is 2.32. The molecule has 0 bridgehead atoms. The van der Waals surface area contributed by atoms with Gasteiger partial charge in [0.1, 0.15) is 11.5 Å².